The van der Waals surface area contributed by atoms with Crippen LogP contribution in [0.5, 0.6) is 5.75 Å². The molecule has 0 N–H and O–H groups in total. The van der Waals surface area contributed by atoms with Gasteiger partial charge in [-0.3, -0.25) is 14.2 Å². The summed E-state index contributed by atoms with van der Waals surface area (Å²) in [6, 6.07) is 15.5. The van der Waals surface area contributed by atoms with Crippen LogP contribution in [-0.2, 0) is 11.3 Å². The van der Waals surface area contributed by atoms with Gasteiger partial charge < -0.3 is 14.5 Å². The number of nitrogens with zero attached hydrogens (tertiary/aromatic N) is 4. The van der Waals surface area contributed by atoms with Crippen LogP contribution in [0.4, 0.5) is 5.69 Å². The number of anilines is 1. The van der Waals surface area contributed by atoms with Crippen LogP contribution in [0.25, 0.3) is 10.9 Å². The number of aromatic nitrogens is 2. The number of para-hydroxylation sites is 3. The maximum Gasteiger partial charge on any atom is 0.262 e. The average Bonchev–Trinajstić information content (AvgIpc) is 2.88. The Bertz CT molecular complexity index is 1190. The molecule has 180 valence electrons. The highest BCUT2D eigenvalue weighted by molar-refractivity contribution is 7.99. The number of unbranched alkanes of at least 4 members (excludes halogenated alkanes) is 1. The first-order valence-electron chi connectivity index (χ1n) is 11.9. The van der Waals surface area contributed by atoms with Crippen LogP contribution in [0.3, 0.4) is 0 Å². The first kappa shape index (κ1) is 24.1. The summed E-state index contributed by atoms with van der Waals surface area (Å²) in [4.78, 5) is 34.4. The van der Waals surface area contributed by atoms with Gasteiger partial charge >= 0.3 is 0 Å². The number of amides is 1. The van der Waals surface area contributed by atoms with Gasteiger partial charge in [-0.25, -0.2) is 4.98 Å². The van der Waals surface area contributed by atoms with Crippen LogP contribution >= 0.6 is 11.8 Å². The topological polar surface area (TPSA) is 67.7 Å². The zero-order chi connectivity index (χ0) is 23.9. The lowest BCUT2D eigenvalue weighted by Gasteiger charge is -2.36. The number of hydrogen-bond donors (Lipinski definition) is 0. The van der Waals surface area contributed by atoms with Crippen molar-refractivity contribution in [2.24, 2.45) is 0 Å². The average molecular weight is 481 g/mol. The number of rotatable bonds is 9. The number of thioether (sulfide) groups is 1. The molecule has 1 aliphatic heterocycles. The molecule has 0 bridgehead atoms. The van der Waals surface area contributed by atoms with E-state index in [-0.39, 0.29) is 11.5 Å². The van der Waals surface area contributed by atoms with Crippen molar-refractivity contribution in [3.63, 3.8) is 0 Å². The fraction of sp³-hybridized carbons (Fsp3) is 0.423. The van der Waals surface area contributed by atoms with E-state index in [1.54, 1.807) is 23.4 Å². The Morgan fingerprint density at radius 1 is 1.03 bits per heavy atom. The van der Waals surface area contributed by atoms with Crippen molar-refractivity contribution in [1.82, 2.24) is 14.5 Å². The molecule has 4 rings (SSSR count). The molecule has 1 fully saturated rings. The quantitative estimate of drug-likeness (QED) is 0.262. The van der Waals surface area contributed by atoms with Gasteiger partial charge in [0.1, 0.15) is 5.75 Å². The standard InChI is InChI=1S/C26H32N4O3S/c1-3-30-25(32)20-10-4-5-11-21(20)27-26(30)34-19-9-8-14-24(31)29-17-15-28(16-18-29)22-12-6-7-13-23(22)33-2/h4-7,10-13H,3,8-9,14-19H2,1-2H3. The summed E-state index contributed by atoms with van der Waals surface area (Å²) in [6.07, 6.45) is 2.30. The lowest BCUT2D eigenvalue weighted by atomic mass is 10.2. The summed E-state index contributed by atoms with van der Waals surface area (Å²) < 4.78 is 7.21. The van der Waals surface area contributed by atoms with Crippen molar-refractivity contribution in [3.8, 4) is 5.75 Å². The molecule has 2 aromatic carbocycles. The lowest BCUT2D eigenvalue weighted by Crippen LogP contribution is -2.48. The van der Waals surface area contributed by atoms with E-state index in [0.717, 1.165) is 66.9 Å². The van der Waals surface area contributed by atoms with Gasteiger partial charge in [-0.15, -0.1) is 0 Å². The number of hydrogen-bond acceptors (Lipinski definition) is 6. The van der Waals surface area contributed by atoms with Crippen LogP contribution in [0.1, 0.15) is 26.2 Å². The number of carbonyl (C=O) groups is 1. The van der Waals surface area contributed by atoms with Gasteiger partial charge in [0.2, 0.25) is 5.91 Å². The Morgan fingerprint density at radius 2 is 1.76 bits per heavy atom. The number of methoxy groups -OCH3 is 1. The second kappa shape index (κ2) is 11.4. The summed E-state index contributed by atoms with van der Waals surface area (Å²) in [7, 11) is 1.69. The Labute approximate surface area is 204 Å². The number of benzene rings is 2. The van der Waals surface area contributed by atoms with Crippen molar-refractivity contribution in [1.29, 1.82) is 0 Å². The molecule has 0 spiro atoms. The highest BCUT2D eigenvalue weighted by atomic mass is 32.2. The van der Waals surface area contributed by atoms with E-state index in [1.165, 1.54) is 0 Å². The predicted octanol–water partition coefficient (Wildman–Crippen LogP) is 4.04. The summed E-state index contributed by atoms with van der Waals surface area (Å²) >= 11 is 1.60. The monoisotopic (exact) mass is 480 g/mol. The molecule has 0 atom stereocenters. The van der Waals surface area contributed by atoms with Crippen molar-refractivity contribution in [2.45, 2.75) is 37.9 Å². The minimum absolute atomic E-state index is 0.0121. The van der Waals surface area contributed by atoms with E-state index in [2.05, 4.69) is 11.0 Å². The van der Waals surface area contributed by atoms with Crippen LogP contribution < -0.4 is 15.2 Å². The molecule has 0 aliphatic carbocycles. The van der Waals surface area contributed by atoms with Gasteiger partial charge in [-0.05, 0) is 44.0 Å². The normalized spacial score (nSPS) is 13.9. The molecular formula is C26H32N4O3S. The van der Waals surface area contributed by atoms with E-state index < -0.39 is 0 Å². The molecule has 8 heteroatoms. The number of ether oxygens (including phenoxy) is 1. The molecule has 34 heavy (non-hydrogen) atoms. The molecule has 3 aromatic rings. The van der Waals surface area contributed by atoms with E-state index in [1.807, 2.05) is 54.3 Å². The molecular weight excluding hydrogens is 448 g/mol. The third-order valence-electron chi connectivity index (χ3n) is 6.22. The molecule has 7 nitrogen and oxygen atoms in total. The van der Waals surface area contributed by atoms with Crippen molar-refractivity contribution in [3.05, 3.63) is 58.9 Å². The molecule has 0 radical (unpaired) electrons. The second-order valence-electron chi connectivity index (χ2n) is 8.31. The maximum atomic E-state index is 12.7. The van der Waals surface area contributed by atoms with Crippen molar-refractivity contribution in [2.75, 3.05) is 43.9 Å². The highest BCUT2D eigenvalue weighted by Gasteiger charge is 2.22. The van der Waals surface area contributed by atoms with E-state index in [0.29, 0.717) is 18.4 Å². The largest absolute Gasteiger partial charge is 0.495 e. The van der Waals surface area contributed by atoms with Gasteiger partial charge in [-0.2, -0.15) is 0 Å². The van der Waals surface area contributed by atoms with Crippen LogP contribution in [0, 0.1) is 0 Å². The lowest BCUT2D eigenvalue weighted by molar-refractivity contribution is -0.131. The third-order valence-corrected chi connectivity index (χ3v) is 7.28. The van der Waals surface area contributed by atoms with Crippen LogP contribution in [-0.4, -0.2) is 59.4 Å². The van der Waals surface area contributed by atoms with E-state index >= 15 is 0 Å². The first-order valence-corrected chi connectivity index (χ1v) is 12.9. The Balaban J connectivity index is 1.23. The van der Waals surface area contributed by atoms with Crippen LogP contribution in [0.15, 0.2) is 58.5 Å². The Morgan fingerprint density at radius 3 is 2.53 bits per heavy atom. The summed E-state index contributed by atoms with van der Waals surface area (Å²) in [6.45, 7) is 5.64. The van der Waals surface area contributed by atoms with E-state index in [4.69, 9.17) is 9.72 Å². The smallest absolute Gasteiger partial charge is 0.262 e. The van der Waals surface area contributed by atoms with Gasteiger partial charge in [0.05, 0.1) is 23.7 Å². The Kier molecular flexibility index (Phi) is 8.11. The SMILES string of the molecule is CCn1c(SCCCCC(=O)N2CCN(c3ccccc3OC)CC2)nc2ccccc2c1=O. The molecule has 1 aromatic heterocycles. The van der Waals surface area contributed by atoms with Crippen molar-refractivity contribution >= 4 is 34.3 Å². The van der Waals surface area contributed by atoms with Gasteiger partial charge in [0.25, 0.3) is 5.56 Å². The van der Waals surface area contributed by atoms with Crippen LogP contribution in [0.2, 0.25) is 0 Å². The fourth-order valence-corrected chi connectivity index (χ4v) is 5.39. The summed E-state index contributed by atoms with van der Waals surface area (Å²) in [5.41, 5.74) is 1.84. The van der Waals surface area contributed by atoms with E-state index in [9.17, 15) is 9.59 Å². The first-order chi connectivity index (χ1) is 16.6. The summed E-state index contributed by atoms with van der Waals surface area (Å²) in [5.74, 6) is 1.92. The molecule has 0 saturated carbocycles. The number of carbonyl (C=O) groups excluding carboxylic acids is 1. The van der Waals surface area contributed by atoms with Gasteiger partial charge in [-0.1, -0.05) is 36.0 Å². The maximum absolute atomic E-state index is 12.7. The van der Waals surface area contributed by atoms with Crippen molar-refractivity contribution < 1.29 is 9.53 Å². The zero-order valence-electron chi connectivity index (χ0n) is 19.9. The zero-order valence-corrected chi connectivity index (χ0v) is 20.7. The number of piperazine rings is 1. The number of fused-ring (bicyclic) bond motifs is 1. The fourth-order valence-electron chi connectivity index (χ4n) is 4.32. The summed E-state index contributed by atoms with van der Waals surface area (Å²) in [5, 5.41) is 1.41. The molecule has 1 aliphatic rings. The molecule has 1 saturated heterocycles. The van der Waals surface area contributed by atoms with Gasteiger partial charge in [0.15, 0.2) is 5.16 Å². The van der Waals surface area contributed by atoms with Gasteiger partial charge in [0, 0.05) is 44.9 Å². The third kappa shape index (κ3) is 5.38. The minimum atomic E-state index is 0.0121. The Hall–Kier alpha value is -3.00. The predicted molar refractivity (Wildman–Crippen MR) is 138 cm³/mol. The highest BCUT2D eigenvalue weighted by Crippen LogP contribution is 2.28. The second-order valence-corrected chi connectivity index (χ2v) is 9.37. The molecule has 1 amide bonds. The molecule has 2 heterocycles. The minimum Gasteiger partial charge on any atom is -0.495 e. The molecule has 0 unspecified atom stereocenters.